The number of hydrogen-bond donors (Lipinski definition) is 3. The lowest BCUT2D eigenvalue weighted by atomic mass is 10.1. The molecule has 1 saturated heterocycles. The van der Waals surface area contributed by atoms with Crippen LogP contribution in [0, 0.1) is 0 Å². The Hall–Kier alpha value is -1.39. The zero-order valence-electron chi connectivity index (χ0n) is 15.4. The summed E-state index contributed by atoms with van der Waals surface area (Å²) in [5.41, 5.74) is 7.58. The SMILES string of the molecule is CCNC(=O)c1ccc(CN=C(N)NCCCN2CCOCC2)cc1.I. The molecule has 1 heterocycles. The van der Waals surface area contributed by atoms with Gasteiger partial charge in [-0.3, -0.25) is 9.69 Å². The van der Waals surface area contributed by atoms with Crippen molar-refractivity contribution >= 4 is 35.8 Å². The van der Waals surface area contributed by atoms with Gasteiger partial charge in [0.1, 0.15) is 0 Å². The number of ether oxygens (including phenoxy) is 1. The maximum absolute atomic E-state index is 11.7. The first kappa shape index (κ1) is 22.7. The summed E-state index contributed by atoms with van der Waals surface area (Å²) in [5.74, 6) is 0.397. The normalized spacial score (nSPS) is 15.2. The van der Waals surface area contributed by atoms with Crippen molar-refractivity contribution in [2.24, 2.45) is 10.7 Å². The molecule has 0 unspecified atom stereocenters. The molecule has 8 heteroatoms. The summed E-state index contributed by atoms with van der Waals surface area (Å²) in [6.07, 6.45) is 1.03. The predicted molar refractivity (Wildman–Crippen MR) is 115 cm³/mol. The summed E-state index contributed by atoms with van der Waals surface area (Å²) in [5, 5.41) is 5.92. The Balaban J connectivity index is 0.00000338. The number of rotatable bonds is 8. The number of carbonyl (C=O) groups excluding carboxylic acids is 1. The van der Waals surface area contributed by atoms with Crippen LogP contribution in [-0.2, 0) is 11.3 Å². The highest BCUT2D eigenvalue weighted by Crippen LogP contribution is 2.05. The quantitative estimate of drug-likeness (QED) is 0.227. The van der Waals surface area contributed by atoms with Crippen LogP contribution >= 0.6 is 24.0 Å². The Kier molecular flexibility index (Phi) is 11.2. The molecule has 2 rings (SSSR count). The minimum absolute atomic E-state index is 0. The van der Waals surface area contributed by atoms with Crippen molar-refractivity contribution < 1.29 is 9.53 Å². The minimum atomic E-state index is -0.0565. The van der Waals surface area contributed by atoms with Crippen molar-refractivity contribution in [1.29, 1.82) is 0 Å². The van der Waals surface area contributed by atoms with Gasteiger partial charge in [-0.1, -0.05) is 12.1 Å². The van der Waals surface area contributed by atoms with E-state index in [0.29, 0.717) is 24.6 Å². The molecule has 0 radical (unpaired) electrons. The van der Waals surface area contributed by atoms with Crippen molar-refractivity contribution in [3.05, 3.63) is 35.4 Å². The Morgan fingerprint density at radius 3 is 2.58 bits per heavy atom. The van der Waals surface area contributed by atoms with Gasteiger partial charge in [0.2, 0.25) is 0 Å². The third-order valence-electron chi connectivity index (χ3n) is 4.05. The first-order chi connectivity index (χ1) is 12.2. The fourth-order valence-corrected chi connectivity index (χ4v) is 2.60. The van der Waals surface area contributed by atoms with E-state index in [1.807, 2.05) is 31.2 Å². The highest BCUT2D eigenvalue weighted by atomic mass is 127. The molecule has 0 spiro atoms. The molecule has 1 aliphatic rings. The van der Waals surface area contributed by atoms with Crippen LogP contribution in [0.1, 0.15) is 29.3 Å². The number of morpholine rings is 1. The number of hydrogen-bond acceptors (Lipinski definition) is 4. The summed E-state index contributed by atoms with van der Waals surface area (Å²) < 4.78 is 5.33. The highest BCUT2D eigenvalue weighted by Gasteiger charge is 2.09. The van der Waals surface area contributed by atoms with E-state index in [2.05, 4.69) is 20.5 Å². The van der Waals surface area contributed by atoms with E-state index in [9.17, 15) is 4.79 Å². The second kappa shape index (κ2) is 12.9. The summed E-state index contributed by atoms with van der Waals surface area (Å²) in [6, 6.07) is 7.42. The Bertz CT molecular complexity index is 559. The van der Waals surface area contributed by atoms with Gasteiger partial charge in [-0.25, -0.2) is 4.99 Å². The second-order valence-electron chi connectivity index (χ2n) is 5.99. The number of nitrogens with zero attached hydrogens (tertiary/aromatic N) is 2. The molecular weight excluding hydrogens is 445 g/mol. The van der Waals surface area contributed by atoms with Crippen molar-refractivity contribution in [3.63, 3.8) is 0 Å². The topological polar surface area (TPSA) is 92.0 Å². The second-order valence-corrected chi connectivity index (χ2v) is 5.99. The van der Waals surface area contributed by atoms with Gasteiger partial charge < -0.3 is 21.1 Å². The third-order valence-corrected chi connectivity index (χ3v) is 4.05. The molecule has 0 aliphatic carbocycles. The van der Waals surface area contributed by atoms with Crippen LogP contribution in [0.25, 0.3) is 0 Å². The molecular formula is C18H30IN5O2. The van der Waals surface area contributed by atoms with E-state index in [1.165, 1.54) is 0 Å². The maximum Gasteiger partial charge on any atom is 0.251 e. The lowest BCUT2D eigenvalue weighted by molar-refractivity contribution is 0.0376. The summed E-state index contributed by atoms with van der Waals surface area (Å²) in [6.45, 7) is 8.56. The van der Waals surface area contributed by atoms with E-state index in [0.717, 1.165) is 51.4 Å². The number of amides is 1. The molecule has 1 amide bonds. The third kappa shape index (κ3) is 8.33. The van der Waals surface area contributed by atoms with Gasteiger partial charge in [-0.2, -0.15) is 0 Å². The molecule has 0 aromatic heterocycles. The van der Waals surface area contributed by atoms with Crippen LogP contribution in [0.2, 0.25) is 0 Å². The van der Waals surface area contributed by atoms with Crippen molar-refractivity contribution in [3.8, 4) is 0 Å². The molecule has 0 atom stereocenters. The van der Waals surface area contributed by atoms with Crippen LogP contribution in [-0.4, -0.2) is 62.7 Å². The lowest BCUT2D eigenvalue weighted by Gasteiger charge is -2.26. The number of carbonyl (C=O) groups is 1. The molecule has 146 valence electrons. The van der Waals surface area contributed by atoms with E-state index in [-0.39, 0.29) is 29.9 Å². The molecule has 0 bridgehead atoms. The summed E-state index contributed by atoms with van der Waals surface area (Å²) >= 11 is 0. The zero-order chi connectivity index (χ0) is 17.9. The van der Waals surface area contributed by atoms with Crippen LogP contribution in [0.3, 0.4) is 0 Å². The van der Waals surface area contributed by atoms with Crippen LogP contribution in [0.15, 0.2) is 29.3 Å². The molecule has 1 fully saturated rings. The van der Waals surface area contributed by atoms with Crippen molar-refractivity contribution in [2.45, 2.75) is 19.9 Å². The predicted octanol–water partition coefficient (Wildman–Crippen LogP) is 1.18. The van der Waals surface area contributed by atoms with Gasteiger partial charge in [0.25, 0.3) is 5.91 Å². The van der Waals surface area contributed by atoms with Crippen LogP contribution in [0.5, 0.6) is 0 Å². The Labute approximate surface area is 172 Å². The smallest absolute Gasteiger partial charge is 0.251 e. The van der Waals surface area contributed by atoms with Crippen molar-refractivity contribution in [1.82, 2.24) is 15.5 Å². The van der Waals surface area contributed by atoms with Gasteiger partial charge in [0.15, 0.2) is 5.96 Å². The van der Waals surface area contributed by atoms with Gasteiger partial charge in [0.05, 0.1) is 19.8 Å². The molecule has 7 nitrogen and oxygen atoms in total. The van der Waals surface area contributed by atoms with Gasteiger partial charge in [0, 0.05) is 31.7 Å². The fraction of sp³-hybridized carbons (Fsp3) is 0.556. The van der Waals surface area contributed by atoms with Crippen LogP contribution < -0.4 is 16.4 Å². The van der Waals surface area contributed by atoms with E-state index in [4.69, 9.17) is 10.5 Å². The van der Waals surface area contributed by atoms with Gasteiger partial charge in [-0.15, -0.1) is 24.0 Å². The number of guanidine groups is 1. The average Bonchev–Trinajstić information content (AvgIpc) is 2.65. The number of benzene rings is 1. The summed E-state index contributed by atoms with van der Waals surface area (Å²) in [7, 11) is 0. The monoisotopic (exact) mass is 475 g/mol. The zero-order valence-corrected chi connectivity index (χ0v) is 17.7. The molecule has 4 N–H and O–H groups in total. The molecule has 26 heavy (non-hydrogen) atoms. The summed E-state index contributed by atoms with van der Waals surface area (Å²) in [4.78, 5) is 18.4. The lowest BCUT2D eigenvalue weighted by Crippen LogP contribution is -2.39. The number of halogens is 1. The molecule has 1 aliphatic heterocycles. The molecule has 1 aromatic carbocycles. The molecule has 1 aromatic rings. The van der Waals surface area contributed by atoms with Gasteiger partial charge in [-0.05, 0) is 37.6 Å². The van der Waals surface area contributed by atoms with Crippen molar-refractivity contribution in [2.75, 3.05) is 45.9 Å². The first-order valence-electron chi connectivity index (χ1n) is 8.90. The highest BCUT2D eigenvalue weighted by molar-refractivity contribution is 14.0. The van der Waals surface area contributed by atoms with E-state index >= 15 is 0 Å². The number of aliphatic imine (C=N–C) groups is 1. The number of nitrogens with two attached hydrogens (primary N) is 1. The van der Waals surface area contributed by atoms with Crippen LogP contribution in [0.4, 0.5) is 0 Å². The Morgan fingerprint density at radius 2 is 1.92 bits per heavy atom. The van der Waals surface area contributed by atoms with Gasteiger partial charge >= 0.3 is 0 Å². The van der Waals surface area contributed by atoms with E-state index < -0.39 is 0 Å². The standard InChI is InChI=1S/C18H29N5O2.HI/c1-2-20-17(24)16-6-4-15(5-7-16)14-22-18(19)21-8-3-9-23-10-12-25-13-11-23;/h4-7H,2-3,8-14H2,1H3,(H,20,24)(H3,19,21,22);1H. The minimum Gasteiger partial charge on any atom is -0.379 e. The number of nitrogens with one attached hydrogen (secondary N) is 2. The average molecular weight is 475 g/mol. The first-order valence-corrected chi connectivity index (χ1v) is 8.90. The maximum atomic E-state index is 11.7. The molecule has 0 saturated carbocycles. The van der Waals surface area contributed by atoms with E-state index in [1.54, 1.807) is 0 Å². The largest absolute Gasteiger partial charge is 0.379 e. The fourth-order valence-electron chi connectivity index (χ4n) is 2.60. The Morgan fingerprint density at radius 1 is 1.23 bits per heavy atom.